The molecule has 0 atom stereocenters. The highest BCUT2D eigenvalue weighted by molar-refractivity contribution is 5.88. The average molecular weight is 374 g/mol. The lowest BCUT2D eigenvalue weighted by Crippen LogP contribution is -1.99. The molecule has 0 N–H and O–H groups in total. The van der Waals surface area contributed by atoms with Gasteiger partial charge < -0.3 is 14.0 Å². The van der Waals surface area contributed by atoms with Crippen LogP contribution in [0.4, 0.5) is 0 Å². The number of nitriles is 1. The Bertz CT molecular complexity index is 1020. The lowest BCUT2D eigenvalue weighted by Gasteiger charge is -2.10. The van der Waals surface area contributed by atoms with E-state index < -0.39 is 0 Å². The quantitative estimate of drug-likeness (QED) is 0.575. The van der Waals surface area contributed by atoms with Crippen molar-refractivity contribution in [1.29, 1.82) is 5.26 Å². The van der Waals surface area contributed by atoms with Gasteiger partial charge in [0.2, 0.25) is 0 Å². The van der Waals surface area contributed by atoms with Crippen LogP contribution in [0.15, 0.2) is 48.5 Å². The van der Waals surface area contributed by atoms with E-state index >= 15 is 0 Å². The SMILES string of the molecule is CCCOc1cc(C=C(C#N)c2nnc(-c3ccccc3)n2C)ccc1OC. The molecule has 28 heavy (non-hydrogen) atoms. The van der Waals surface area contributed by atoms with Crippen molar-refractivity contribution in [3.8, 4) is 29.0 Å². The van der Waals surface area contributed by atoms with Gasteiger partial charge in [0.05, 0.1) is 19.3 Å². The maximum Gasteiger partial charge on any atom is 0.174 e. The van der Waals surface area contributed by atoms with Crippen LogP contribution in [0.25, 0.3) is 23.0 Å². The Morgan fingerprint density at radius 2 is 1.93 bits per heavy atom. The molecule has 6 heteroatoms. The molecule has 1 heterocycles. The molecule has 1 aromatic heterocycles. The van der Waals surface area contributed by atoms with E-state index in [0.717, 1.165) is 17.5 Å². The summed E-state index contributed by atoms with van der Waals surface area (Å²) < 4.78 is 12.9. The van der Waals surface area contributed by atoms with E-state index in [0.29, 0.717) is 35.3 Å². The smallest absolute Gasteiger partial charge is 0.174 e. The maximum absolute atomic E-state index is 9.70. The van der Waals surface area contributed by atoms with E-state index in [1.165, 1.54) is 0 Å². The van der Waals surface area contributed by atoms with Crippen LogP contribution in [0.1, 0.15) is 24.7 Å². The van der Waals surface area contributed by atoms with E-state index in [1.54, 1.807) is 13.2 Å². The standard InChI is InChI=1S/C22H22N4O2/c1-4-12-28-20-14-16(10-11-19(20)27-3)13-18(15-23)22-25-24-21(26(22)2)17-8-6-5-7-9-17/h5-11,13-14H,4,12H2,1-3H3. The Balaban J connectivity index is 1.97. The van der Waals surface area contributed by atoms with Gasteiger partial charge in [-0.25, -0.2) is 0 Å². The summed E-state index contributed by atoms with van der Waals surface area (Å²) in [6, 6.07) is 17.6. The summed E-state index contributed by atoms with van der Waals surface area (Å²) in [4.78, 5) is 0. The number of rotatable bonds is 7. The number of benzene rings is 2. The number of hydrogen-bond acceptors (Lipinski definition) is 5. The van der Waals surface area contributed by atoms with Crippen molar-refractivity contribution in [2.45, 2.75) is 13.3 Å². The van der Waals surface area contributed by atoms with Crippen LogP contribution in [0.2, 0.25) is 0 Å². The highest BCUT2D eigenvalue weighted by Crippen LogP contribution is 2.30. The fraction of sp³-hybridized carbons (Fsp3) is 0.227. The Morgan fingerprint density at radius 3 is 2.61 bits per heavy atom. The maximum atomic E-state index is 9.70. The summed E-state index contributed by atoms with van der Waals surface area (Å²) in [6.07, 6.45) is 2.67. The van der Waals surface area contributed by atoms with Crippen molar-refractivity contribution >= 4 is 11.6 Å². The zero-order valence-corrected chi connectivity index (χ0v) is 16.2. The molecule has 3 rings (SSSR count). The van der Waals surface area contributed by atoms with Gasteiger partial charge in [0.25, 0.3) is 0 Å². The normalized spacial score (nSPS) is 11.1. The van der Waals surface area contributed by atoms with Gasteiger partial charge in [-0.15, -0.1) is 10.2 Å². The van der Waals surface area contributed by atoms with E-state index in [2.05, 4.69) is 16.3 Å². The van der Waals surface area contributed by atoms with Gasteiger partial charge in [-0.3, -0.25) is 0 Å². The first-order valence-corrected chi connectivity index (χ1v) is 9.05. The molecule has 0 fully saturated rings. The van der Waals surface area contributed by atoms with Gasteiger partial charge in [-0.05, 0) is 30.2 Å². The van der Waals surface area contributed by atoms with E-state index in [9.17, 15) is 5.26 Å². The Labute approximate surface area is 164 Å². The molecule has 0 radical (unpaired) electrons. The zero-order chi connectivity index (χ0) is 19.9. The molecule has 2 aromatic carbocycles. The van der Waals surface area contributed by atoms with Crippen molar-refractivity contribution in [1.82, 2.24) is 14.8 Å². The van der Waals surface area contributed by atoms with Crippen LogP contribution in [0.3, 0.4) is 0 Å². The van der Waals surface area contributed by atoms with Gasteiger partial charge in [-0.1, -0.05) is 43.3 Å². The third-order valence-electron chi connectivity index (χ3n) is 4.23. The minimum Gasteiger partial charge on any atom is -0.493 e. The van der Waals surface area contributed by atoms with E-state index in [-0.39, 0.29) is 0 Å². The lowest BCUT2D eigenvalue weighted by atomic mass is 10.1. The molecular formula is C22H22N4O2. The summed E-state index contributed by atoms with van der Waals surface area (Å²) >= 11 is 0. The molecule has 142 valence electrons. The molecule has 0 amide bonds. The molecule has 3 aromatic rings. The summed E-state index contributed by atoms with van der Waals surface area (Å²) in [6.45, 7) is 2.64. The second-order valence-electron chi connectivity index (χ2n) is 6.20. The number of ether oxygens (including phenoxy) is 2. The number of hydrogen-bond donors (Lipinski definition) is 0. The third-order valence-corrected chi connectivity index (χ3v) is 4.23. The summed E-state index contributed by atoms with van der Waals surface area (Å²) in [5.74, 6) is 2.53. The molecule has 0 aliphatic carbocycles. The van der Waals surface area contributed by atoms with Crippen LogP contribution >= 0.6 is 0 Å². The van der Waals surface area contributed by atoms with Crippen LogP contribution in [-0.2, 0) is 7.05 Å². The fourth-order valence-electron chi connectivity index (χ4n) is 2.82. The van der Waals surface area contributed by atoms with Crippen LogP contribution in [-0.4, -0.2) is 28.5 Å². The second-order valence-corrected chi connectivity index (χ2v) is 6.20. The van der Waals surface area contributed by atoms with E-state index in [1.807, 2.05) is 67.1 Å². The predicted molar refractivity (Wildman–Crippen MR) is 109 cm³/mol. The Kier molecular flexibility index (Phi) is 6.07. The molecule has 0 bridgehead atoms. The zero-order valence-electron chi connectivity index (χ0n) is 16.2. The molecule has 0 saturated heterocycles. The van der Waals surface area contributed by atoms with Crippen molar-refractivity contribution in [3.05, 3.63) is 59.9 Å². The molecule has 0 spiro atoms. The van der Waals surface area contributed by atoms with Gasteiger partial charge in [0, 0.05) is 12.6 Å². The summed E-state index contributed by atoms with van der Waals surface area (Å²) in [5, 5.41) is 18.2. The van der Waals surface area contributed by atoms with Gasteiger partial charge in [0.1, 0.15) is 6.07 Å². The molecule has 0 unspecified atom stereocenters. The van der Waals surface area contributed by atoms with Gasteiger partial charge in [-0.2, -0.15) is 5.26 Å². The first kappa shape index (κ1) is 19.2. The monoisotopic (exact) mass is 374 g/mol. The first-order chi connectivity index (χ1) is 13.7. The number of aromatic nitrogens is 3. The predicted octanol–water partition coefficient (Wildman–Crippen LogP) is 4.34. The van der Waals surface area contributed by atoms with Crippen molar-refractivity contribution in [3.63, 3.8) is 0 Å². The molecule has 0 saturated carbocycles. The topological polar surface area (TPSA) is 73.0 Å². The molecule has 6 nitrogen and oxygen atoms in total. The molecule has 0 aliphatic rings. The Morgan fingerprint density at radius 1 is 1.14 bits per heavy atom. The minimum absolute atomic E-state index is 0.420. The van der Waals surface area contributed by atoms with Crippen LogP contribution in [0.5, 0.6) is 11.5 Å². The largest absolute Gasteiger partial charge is 0.493 e. The van der Waals surface area contributed by atoms with Crippen molar-refractivity contribution in [2.24, 2.45) is 7.05 Å². The number of allylic oxidation sites excluding steroid dienone is 1. The van der Waals surface area contributed by atoms with E-state index in [4.69, 9.17) is 9.47 Å². The van der Waals surface area contributed by atoms with Gasteiger partial charge >= 0.3 is 0 Å². The summed E-state index contributed by atoms with van der Waals surface area (Å²) in [7, 11) is 3.46. The first-order valence-electron chi connectivity index (χ1n) is 9.05. The average Bonchev–Trinajstić information content (AvgIpc) is 3.12. The number of nitrogens with zero attached hydrogens (tertiary/aromatic N) is 4. The van der Waals surface area contributed by atoms with Crippen LogP contribution in [0, 0.1) is 11.3 Å². The molecular weight excluding hydrogens is 352 g/mol. The summed E-state index contributed by atoms with van der Waals surface area (Å²) in [5.41, 5.74) is 2.19. The van der Waals surface area contributed by atoms with Crippen molar-refractivity contribution in [2.75, 3.05) is 13.7 Å². The minimum atomic E-state index is 0.420. The third kappa shape index (κ3) is 4.04. The van der Waals surface area contributed by atoms with Gasteiger partial charge in [0.15, 0.2) is 23.1 Å². The second kappa shape index (κ2) is 8.87. The van der Waals surface area contributed by atoms with Crippen LogP contribution < -0.4 is 9.47 Å². The Hall–Kier alpha value is -3.59. The lowest BCUT2D eigenvalue weighted by molar-refractivity contribution is 0.294. The van der Waals surface area contributed by atoms with Crippen molar-refractivity contribution < 1.29 is 9.47 Å². The highest BCUT2D eigenvalue weighted by atomic mass is 16.5. The fourth-order valence-corrected chi connectivity index (χ4v) is 2.82. The highest BCUT2D eigenvalue weighted by Gasteiger charge is 2.15. The molecule has 0 aliphatic heterocycles. The number of methoxy groups -OCH3 is 1.